The number of nitrogens with zero attached hydrogens (tertiary/aromatic N) is 2. The number of aryl methyl sites for hydroxylation is 2. The molecule has 0 radical (unpaired) electrons. The van der Waals surface area contributed by atoms with Gasteiger partial charge in [0.25, 0.3) is 0 Å². The number of aromatic nitrogens is 2. The van der Waals surface area contributed by atoms with Crippen molar-refractivity contribution in [3.63, 3.8) is 0 Å². The van der Waals surface area contributed by atoms with E-state index in [1.165, 1.54) is 22.7 Å². The van der Waals surface area contributed by atoms with E-state index in [-0.39, 0.29) is 0 Å². The summed E-state index contributed by atoms with van der Waals surface area (Å²) in [5, 5.41) is 3.63. The molecule has 1 atom stereocenters. The highest BCUT2D eigenvalue weighted by Crippen LogP contribution is 2.26. The van der Waals surface area contributed by atoms with Gasteiger partial charge in [0.1, 0.15) is 5.82 Å². The minimum Gasteiger partial charge on any atom is -0.309 e. The molecule has 0 bridgehead atoms. The lowest BCUT2D eigenvalue weighted by molar-refractivity contribution is 0.577. The Morgan fingerprint density at radius 3 is 2.62 bits per heavy atom. The summed E-state index contributed by atoms with van der Waals surface area (Å²) in [7, 11) is 0. The number of nitrogens with one attached hydrogen (secondary N) is 1. The van der Waals surface area contributed by atoms with E-state index in [1.54, 1.807) is 11.8 Å². The van der Waals surface area contributed by atoms with Crippen LogP contribution in [0.2, 0.25) is 0 Å². The Balaban J connectivity index is 2.00. The second-order valence-corrected chi connectivity index (χ2v) is 7.08. The van der Waals surface area contributed by atoms with Gasteiger partial charge in [0.05, 0.1) is 0 Å². The first-order valence-electron chi connectivity index (χ1n) is 7.48. The Morgan fingerprint density at radius 1 is 1.24 bits per heavy atom. The van der Waals surface area contributed by atoms with Crippen LogP contribution >= 0.6 is 23.3 Å². The van der Waals surface area contributed by atoms with Crippen LogP contribution in [0, 0.1) is 6.92 Å². The number of benzene rings is 1. The zero-order valence-corrected chi connectivity index (χ0v) is 14.6. The fraction of sp³-hybridized carbons (Fsp3) is 0.500. The molecular weight excluding hydrogens is 298 g/mol. The summed E-state index contributed by atoms with van der Waals surface area (Å²) >= 11 is 3.31. The van der Waals surface area contributed by atoms with Gasteiger partial charge >= 0.3 is 0 Å². The summed E-state index contributed by atoms with van der Waals surface area (Å²) in [6.45, 7) is 7.45. The third-order valence-corrected chi connectivity index (χ3v) is 5.22. The lowest BCUT2D eigenvalue weighted by atomic mass is 10.1. The van der Waals surface area contributed by atoms with Gasteiger partial charge in [0, 0.05) is 18.2 Å². The summed E-state index contributed by atoms with van der Waals surface area (Å²) in [4.78, 5) is 4.53. The zero-order chi connectivity index (χ0) is 15.1. The Bertz CT molecular complexity index is 537. The van der Waals surface area contributed by atoms with Gasteiger partial charge < -0.3 is 5.32 Å². The average Bonchev–Trinajstić information content (AvgIpc) is 2.97. The Labute approximate surface area is 135 Å². The third-order valence-electron chi connectivity index (χ3n) is 3.26. The molecule has 3 nitrogen and oxygen atoms in total. The minimum absolute atomic E-state index is 0.365. The number of thioether (sulfide) groups is 1. The first-order chi connectivity index (χ1) is 10.2. The summed E-state index contributed by atoms with van der Waals surface area (Å²) in [5.41, 5.74) is 2.65. The summed E-state index contributed by atoms with van der Waals surface area (Å²) < 4.78 is 5.42. The molecule has 0 saturated heterocycles. The molecule has 1 unspecified atom stereocenters. The molecule has 0 spiro atoms. The SMILES string of the molecule is CCCNC(CSc1nc(CC)ns1)c1ccc(C)cc1. The first kappa shape index (κ1) is 16.5. The van der Waals surface area contributed by atoms with Crippen molar-refractivity contribution < 1.29 is 0 Å². The topological polar surface area (TPSA) is 37.8 Å². The lowest BCUT2D eigenvalue weighted by Gasteiger charge is -2.18. The van der Waals surface area contributed by atoms with Gasteiger partial charge in [-0.1, -0.05) is 55.4 Å². The maximum absolute atomic E-state index is 4.53. The molecule has 2 aromatic rings. The average molecular weight is 322 g/mol. The largest absolute Gasteiger partial charge is 0.309 e. The molecule has 0 aliphatic rings. The molecule has 1 heterocycles. The van der Waals surface area contributed by atoms with E-state index in [2.05, 4.69) is 59.7 Å². The van der Waals surface area contributed by atoms with Crippen molar-refractivity contribution in [1.29, 1.82) is 0 Å². The highest BCUT2D eigenvalue weighted by Gasteiger charge is 2.13. The van der Waals surface area contributed by atoms with Gasteiger partial charge in [-0.15, -0.1) is 0 Å². The summed E-state index contributed by atoms with van der Waals surface area (Å²) in [5.74, 6) is 1.94. The van der Waals surface area contributed by atoms with E-state index in [0.717, 1.165) is 35.3 Å². The van der Waals surface area contributed by atoms with Gasteiger partial charge in [-0.05, 0) is 37.0 Å². The van der Waals surface area contributed by atoms with Crippen LogP contribution in [0.4, 0.5) is 0 Å². The van der Waals surface area contributed by atoms with Crippen LogP contribution in [-0.2, 0) is 6.42 Å². The smallest absolute Gasteiger partial charge is 0.170 e. The van der Waals surface area contributed by atoms with E-state index in [4.69, 9.17) is 0 Å². The van der Waals surface area contributed by atoms with Gasteiger partial charge in [0.15, 0.2) is 4.34 Å². The van der Waals surface area contributed by atoms with Crippen molar-refractivity contribution >= 4 is 23.3 Å². The van der Waals surface area contributed by atoms with Crippen molar-refractivity contribution in [2.75, 3.05) is 12.3 Å². The molecule has 114 valence electrons. The van der Waals surface area contributed by atoms with Crippen LogP contribution in [0.3, 0.4) is 0 Å². The molecule has 5 heteroatoms. The van der Waals surface area contributed by atoms with E-state index in [0.29, 0.717) is 6.04 Å². The van der Waals surface area contributed by atoms with E-state index in [1.807, 2.05) is 0 Å². The van der Waals surface area contributed by atoms with Crippen LogP contribution in [-0.4, -0.2) is 21.7 Å². The summed E-state index contributed by atoms with van der Waals surface area (Å²) in [6.07, 6.45) is 2.05. The second-order valence-electron chi connectivity index (χ2n) is 5.06. The molecular formula is C16H23N3S2. The number of rotatable bonds is 8. The highest BCUT2D eigenvalue weighted by molar-refractivity contribution is 8.00. The Morgan fingerprint density at radius 2 is 2.00 bits per heavy atom. The molecule has 0 aliphatic heterocycles. The maximum Gasteiger partial charge on any atom is 0.170 e. The van der Waals surface area contributed by atoms with Crippen LogP contribution in [0.5, 0.6) is 0 Å². The minimum atomic E-state index is 0.365. The molecule has 0 aliphatic carbocycles. The third kappa shape index (κ3) is 5.09. The monoisotopic (exact) mass is 321 g/mol. The van der Waals surface area contributed by atoms with Gasteiger partial charge in [-0.25, -0.2) is 4.98 Å². The van der Waals surface area contributed by atoms with Crippen LogP contribution in [0.25, 0.3) is 0 Å². The van der Waals surface area contributed by atoms with Crippen molar-refractivity contribution in [2.24, 2.45) is 0 Å². The molecule has 1 N–H and O–H groups in total. The van der Waals surface area contributed by atoms with Crippen LogP contribution in [0.1, 0.15) is 43.3 Å². The van der Waals surface area contributed by atoms with Crippen molar-refractivity contribution in [3.05, 3.63) is 41.2 Å². The normalized spacial score (nSPS) is 12.5. The molecule has 1 aromatic carbocycles. The van der Waals surface area contributed by atoms with Crippen molar-refractivity contribution in [3.8, 4) is 0 Å². The fourth-order valence-corrected chi connectivity index (χ4v) is 3.80. The fourth-order valence-electron chi connectivity index (χ4n) is 1.99. The number of hydrogen-bond donors (Lipinski definition) is 1. The van der Waals surface area contributed by atoms with Gasteiger partial charge in [0.2, 0.25) is 0 Å². The highest BCUT2D eigenvalue weighted by atomic mass is 32.2. The molecule has 1 aromatic heterocycles. The van der Waals surface area contributed by atoms with Crippen molar-refractivity contribution in [1.82, 2.24) is 14.7 Å². The van der Waals surface area contributed by atoms with Gasteiger partial charge in [-0.2, -0.15) is 4.37 Å². The van der Waals surface area contributed by atoms with Crippen molar-refractivity contribution in [2.45, 2.75) is 44.0 Å². The van der Waals surface area contributed by atoms with E-state index >= 15 is 0 Å². The predicted molar refractivity (Wildman–Crippen MR) is 92.2 cm³/mol. The predicted octanol–water partition coefficient (Wildman–Crippen LogP) is 4.24. The quantitative estimate of drug-likeness (QED) is 0.738. The zero-order valence-electron chi connectivity index (χ0n) is 12.9. The Kier molecular flexibility index (Phi) is 6.67. The van der Waals surface area contributed by atoms with Crippen LogP contribution in [0.15, 0.2) is 28.6 Å². The van der Waals surface area contributed by atoms with E-state index < -0.39 is 0 Å². The molecule has 0 fully saturated rings. The second kappa shape index (κ2) is 8.51. The molecule has 0 saturated carbocycles. The number of hydrogen-bond acceptors (Lipinski definition) is 5. The maximum atomic E-state index is 4.53. The Hall–Kier alpha value is -0.910. The van der Waals surface area contributed by atoms with E-state index in [9.17, 15) is 0 Å². The molecule has 2 rings (SSSR count). The summed E-state index contributed by atoms with van der Waals surface area (Å²) in [6, 6.07) is 9.17. The molecule has 0 amide bonds. The molecule has 21 heavy (non-hydrogen) atoms. The standard InChI is InChI=1S/C16H23N3S2/c1-4-10-17-14(13-8-6-12(3)7-9-13)11-20-16-18-15(5-2)19-21-16/h6-9,14,17H,4-5,10-11H2,1-3H3. The lowest BCUT2D eigenvalue weighted by Crippen LogP contribution is -2.24. The van der Waals surface area contributed by atoms with Gasteiger partial charge in [-0.3, -0.25) is 0 Å². The van der Waals surface area contributed by atoms with Crippen LogP contribution < -0.4 is 5.32 Å². The first-order valence-corrected chi connectivity index (χ1v) is 9.24.